The number of rotatable bonds is 5. The summed E-state index contributed by atoms with van der Waals surface area (Å²) in [5.74, 6) is 1.42. The highest BCUT2D eigenvalue weighted by molar-refractivity contribution is 5.46. The van der Waals surface area contributed by atoms with Crippen LogP contribution in [0.3, 0.4) is 0 Å². The van der Waals surface area contributed by atoms with Crippen molar-refractivity contribution in [2.24, 2.45) is 5.92 Å². The lowest BCUT2D eigenvalue weighted by Gasteiger charge is -2.20. The second-order valence-corrected chi connectivity index (χ2v) is 6.86. The van der Waals surface area contributed by atoms with Gasteiger partial charge in [0.1, 0.15) is 0 Å². The van der Waals surface area contributed by atoms with Crippen LogP contribution in [0.15, 0.2) is 45.7 Å². The lowest BCUT2D eigenvalue weighted by molar-refractivity contribution is 0.0638. The fourth-order valence-corrected chi connectivity index (χ4v) is 3.35. The predicted molar refractivity (Wildman–Crippen MR) is 99.7 cm³/mol. The second-order valence-electron chi connectivity index (χ2n) is 6.86. The highest BCUT2D eigenvalue weighted by Crippen LogP contribution is 2.21. The molecule has 0 saturated carbocycles. The first-order valence-electron chi connectivity index (χ1n) is 9.28. The summed E-state index contributed by atoms with van der Waals surface area (Å²) in [6, 6.07) is 11.2. The van der Waals surface area contributed by atoms with E-state index in [9.17, 15) is 4.79 Å². The van der Waals surface area contributed by atoms with Crippen molar-refractivity contribution in [1.82, 2.24) is 19.9 Å². The first-order chi connectivity index (χ1) is 13.2. The molecule has 7 nitrogen and oxygen atoms in total. The Kier molecular flexibility index (Phi) is 5.11. The molecule has 0 N–H and O–H groups in total. The number of hydrogen-bond donors (Lipinski definition) is 0. The highest BCUT2D eigenvalue weighted by atomic mass is 16.5. The van der Waals surface area contributed by atoms with Crippen molar-refractivity contribution in [1.29, 1.82) is 0 Å². The van der Waals surface area contributed by atoms with E-state index in [2.05, 4.69) is 15.2 Å². The molecule has 4 rings (SSSR count). The van der Waals surface area contributed by atoms with Gasteiger partial charge in [0, 0.05) is 31.4 Å². The van der Waals surface area contributed by atoms with Gasteiger partial charge in [-0.1, -0.05) is 23.4 Å². The van der Waals surface area contributed by atoms with Crippen molar-refractivity contribution in [2.75, 3.05) is 13.2 Å². The first kappa shape index (κ1) is 17.6. The van der Waals surface area contributed by atoms with Gasteiger partial charge in [-0.15, -0.1) is 0 Å². The third-order valence-corrected chi connectivity index (χ3v) is 4.90. The summed E-state index contributed by atoms with van der Waals surface area (Å²) in [6.07, 6.45) is 3.88. The zero-order valence-corrected chi connectivity index (χ0v) is 15.3. The molecule has 2 aromatic heterocycles. The van der Waals surface area contributed by atoms with E-state index in [4.69, 9.17) is 9.26 Å². The Labute approximate surface area is 157 Å². The Bertz CT molecular complexity index is 959. The van der Waals surface area contributed by atoms with Gasteiger partial charge in [0.05, 0.1) is 5.69 Å². The van der Waals surface area contributed by atoms with Gasteiger partial charge >= 0.3 is 0 Å². The molecule has 0 bridgehead atoms. The van der Waals surface area contributed by atoms with E-state index in [0.717, 1.165) is 50.3 Å². The maximum absolute atomic E-state index is 12.4. The molecule has 140 valence electrons. The van der Waals surface area contributed by atoms with Crippen LogP contribution in [0.4, 0.5) is 0 Å². The molecular weight excluding hydrogens is 344 g/mol. The maximum atomic E-state index is 12.4. The molecule has 27 heavy (non-hydrogen) atoms. The van der Waals surface area contributed by atoms with Gasteiger partial charge in [-0.05, 0) is 44.2 Å². The quantitative estimate of drug-likeness (QED) is 0.690. The minimum Gasteiger partial charge on any atom is -0.381 e. The molecular formula is C20H22N4O3. The van der Waals surface area contributed by atoms with E-state index in [-0.39, 0.29) is 17.0 Å². The number of para-hydroxylation sites is 1. The molecule has 1 fully saturated rings. The molecule has 0 radical (unpaired) electrons. The van der Waals surface area contributed by atoms with Crippen LogP contribution in [0.1, 0.15) is 30.8 Å². The Morgan fingerprint density at radius 3 is 2.74 bits per heavy atom. The van der Waals surface area contributed by atoms with Crippen LogP contribution in [0.25, 0.3) is 17.3 Å². The summed E-state index contributed by atoms with van der Waals surface area (Å²) in [5.41, 5.74) is 1.57. The van der Waals surface area contributed by atoms with Crippen LogP contribution >= 0.6 is 0 Å². The third kappa shape index (κ3) is 3.98. The average Bonchev–Trinajstić information content (AvgIpc) is 3.17. The number of hydrogen-bond acceptors (Lipinski definition) is 6. The normalized spacial score (nSPS) is 15.1. The Balaban J connectivity index is 1.56. The molecule has 1 saturated heterocycles. The molecule has 1 aliphatic heterocycles. The first-order valence-corrected chi connectivity index (χ1v) is 9.28. The van der Waals surface area contributed by atoms with E-state index < -0.39 is 0 Å². The Morgan fingerprint density at radius 2 is 1.96 bits per heavy atom. The van der Waals surface area contributed by atoms with Crippen LogP contribution in [-0.4, -0.2) is 33.1 Å². The summed E-state index contributed by atoms with van der Waals surface area (Å²) >= 11 is 0. The molecule has 0 aliphatic carbocycles. The fraction of sp³-hybridized carbons (Fsp3) is 0.400. The minimum absolute atomic E-state index is 0.173. The minimum atomic E-state index is -0.223. The smallest absolute Gasteiger partial charge is 0.282 e. The van der Waals surface area contributed by atoms with Crippen molar-refractivity contribution in [3.8, 4) is 17.3 Å². The van der Waals surface area contributed by atoms with E-state index in [1.54, 1.807) is 10.7 Å². The van der Waals surface area contributed by atoms with Gasteiger partial charge in [-0.3, -0.25) is 4.79 Å². The predicted octanol–water partition coefficient (Wildman–Crippen LogP) is 2.95. The van der Waals surface area contributed by atoms with Gasteiger partial charge in [-0.25, -0.2) is 4.68 Å². The summed E-state index contributed by atoms with van der Waals surface area (Å²) < 4.78 is 12.4. The van der Waals surface area contributed by atoms with Crippen molar-refractivity contribution in [3.63, 3.8) is 0 Å². The van der Waals surface area contributed by atoms with Gasteiger partial charge in [0.2, 0.25) is 5.43 Å². The molecule has 0 amide bonds. The summed E-state index contributed by atoms with van der Waals surface area (Å²) in [7, 11) is 0. The van der Waals surface area contributed by atoms with E-state index in [1.807, 2.05) is 37.3 Å². The number of aromatic nitrogens is 4. The van der Waals surface area contributed by atoms with Crippen molar-refractivity contribution in [2.45, 2.75) is 32.6 Å². The van der Waals surface area contributed by atoms with E-state index >= 15 is 0 Å². The van der Waals surface area contributed by atoms with Crippen LogP contribution in [0, 0.1) is 12.8 Å². The number of ether oxygens (including phenoxy) is 1. The van der Waals surface area contributed by atoms with E-state index in [0.29, 0.717) is 11.7 Å². The zero-order valence-electron chi connectivity index (χ0n) is 15.3. The zero-order chi connectivity index (χ0) is 18.6. The standard InChI is InChI=1S/C20H22N4O3/c1-14-13-17(25)19(22-24(14)16-5-3-2-4-6-16)20-21-18(23-27-20)8-7-15-9-11-26-12-10-15/h2-6,13,15H,7-12H2,1H3. The van der Waals surface area contributed by atoms with Crippen molar-refractivity contribution in [3.05, 3.63) is 58.1 Å². The SMILES string of the molecule is Cc1cc(=O)c(-c2nc(CCC3CCOCC3)no2)nn1-c1ccccc1. The fourth-order valence-electron chi connectivity index (χ4n) is 3.35. The van der Waals surface area contributed by atoms with Crippen LogP contribution in [0.2, 0.25) is 0 Å². The lowest BCUT2D eigenvalue weighted by atomic mass is 9.95. The molecule has 1 aromatic carbocycles. The van der Waals surface area contributed by atoms with Crippen LogP contribution < -0.4 is 5.43 Å². The van der Waals surface area contributed by atoms with E-state index in [1.165, 1.54) is 0 Å². The molecule has 7 heteroatoms. The molecule has 0 atom stereocenters. The number of benzene rings is 1. The van der Waals surface area contributed by atoms with Crippen LogP contribution in [-0.2, 0) is 11.2 Å². The van der Waals surface area contributed by atoms with Gasteiger partial charge < -0.3 is 9.26 Å². The topological polar surface area (TPSA) is 83.0 Å². The van der Waals surface area contributed by atoms with Gasteiger partial charge in [0.15, 0.2) is 11.5 Å². The molecule has 1 aliphatic rings. The molecule has 0 unspecified atom stereocenters. The molecule has 3 heterocycles. The monoisotopic (exact) mass is 366 g/mol. The number of aryl methyl sites for hydroxylation is 2. The van der Waals surface area contributed by atoms with Crippen molar-refractivity contribution < 1.29 is 9.26 Å². The third-order valence-electron chi connectivity index (χ3n) is 4.90. The molecule has 0 spiro atoms. The van der Waals surface area contributed by atoms with Gasteiger partial charge in [0.25, 0.3) is 5.89 Å². The average molecular weight is 366 g/mol. The highest BCUT2D eigenvalue weighted by Gasteiger charge is 2.18. The Morgan fingerprint density at radius 1 is 1.19 bits per heavy atom. The lowest BCUT2D eigenvalue weighted by Crippen LogP contribution is -2.16. The van der Waals surface area contributed by atoms with Crippen molar-refractivity contribution >= 4 is 0 Å². The number of nitrogens with zero attached hydrogens (tertiary/aromatic N) is 4. The largest absolute Gasteiger partial charge is 0.381 e. The Hall–Kier alpha value is -2.80. The maximum Gasteiger partial charge on any atom is 0.282 e. The summed E-state index contributed by atoms with van der Waals surface area (Å²) in [4.78, 5) is 16.8. The van der Waals surface area contributed by atoms with Crippen LogP contribution in [0.5, 0.6) is 0 Å². The summed E-state index contributed by atoms with van der Waals surface area (Å²) in [5, 5.41) is 8.50. The second kappa shape index (κ2) is 7.84. The van der Waals surface area contributed by atoms with Gasteiger partial charge in [-0.2, -0.15) is 10.1 Å². The summed E-state index contributed by atoms with van der Waals surface area (Å²) in [6.45, 7) is 3.50. The molecule has 3 aromatic rings.